The van der Waals surface area contributed by atoms with Crippen LogP contribution < -0.4 is 5.32 Å². The Hall–Kier alpha value is -1.39. The van der Waals surface area contributed by atoms with Crippen LogP contribution >= 0.6 is 0 Å². The number of nitrogens with one attached hydrogen (secondary N) is 1. The van der Waals surface area contributed by atoms with Gasteiger partial charge in [0, 0.05) is 20.0 Å². The van der Waals surface area contributed by atoms with E-state index in [4.69, 9.17) is 0 Å². The predicted molar refractivity (Wildman–Crippen MR) is 86.2 cm³/mol. The van der Waals surface area contributed by atoms with E-state index in [9.17, 15) is 9.90 Å². The molecule has 0 bridgehead atoms. The molecule has 1 aromatic rings. The van der Waals surface area contributed by atoms with Crippen molar-refractivity contribution in [3.8, 4) is 0 Å². The molecule has 1 aromatic carbocycles. The molecule has 21 heavy (non-hydrogen) atoms. The molecule has 1 heterocycles. The lowest BCUT2D eigenvalue weighted by molar-refractivity contribution is -0.118. The number of aliphatic hydroxyl groups excluding tert-OH is 1. The van der Waals surface area contributed by atoms with Gasteiger partial charge in [0.2, 0.25) is 5.91 Å². The Morgan fingerprint density at radius 3 is 2.62 bits per heavy atom. The van der Waals surface area contributed by atoms with Gasteiger partial charge >= 0.3 is 0 Å². The second-order valence-electron chi connectivity index (χ2n) is 5.41. The van der Waals surface area contributed by atoms with Crippen LogP contribution in [0.4, 0.5) is 0 Å². The number of carbonyl (C=O) groups is 1. The Morgan fingerprint density at radius 1 is 1.38 bits per heavy atom. The highest BCUT2D eigenvalue weighted by atomic mass is 16.3. The van der Waals surface area contributed by atoms with E-state index in [0.29, 0.717) is 12.6 Å². The molecule has 1 atom stereocenters. The summed E-state index contributed by atoms with van der Waals surface area (Å²) in [5, 5.41) is 11.6. The fourth-order valence-corrected chi connectivity index (χ4v) is 2.53. The van der Waals surface area contributed by atoms with Gasteiger partial charge < -0.3 is 10.4 Å². The van der Waals surface area contributed by atoms with Crippen molar-refractivity contribution < 1.29 is 9.90 Å². The molecule has 1 unspecified atom stereocenters. The topological polar surface area (TPSA) is 52.6 Å². The first-order valence-electron chi connectivity index (χ1n) is 7.74. The molecule has 0 aliphatic carbocycles. The maximum Gasteiger partial charge on any atom is 0.216 e. The molecule has 1 fully saturated rings. The monoisotopic (exact) mass is 292 g/mol. The Labute approximate surface area is 128 Å². The van der Waals surface area contributed by atoms with Crippen LogP contribution in [0.2, 0.25) is 0 Å². The van der Waals surface area contributed by atoms with Crippen LogP contribution in [0.5, 0.6) is 0 Å². The van der Waals surface area contributed by atoms with Crippen molar-refractivity contribution >= 4 is 5.91 Å². The van der Waals surface area contributed by atoms with Crippen molar-refractivity contribution in [1.29, 1.82) is 0 Å². The number of amides is 1. The number of aryl methyl sites for hydroxylation is 1. The van der Waals surface area contributed by atoms with Crippen LogP contribution in [0.25, 0.3) is 0 Å². The Kier molecular flexibility index (Phi) is 8.71. The second kappa shape index (κ2) is 10.4. The van der Waals surface area contributed by atoms with E-state index in [0.717, 1.165) is 13.0 Å². The number of rotatable bonds is 5. The number of carbonyl (C=O) groups excluding carboxylic acids is 1. The van der Waals surface area contributed by atoms with Crippen LogP contribution in [0.15, 0.2) is 30.3 Å². The van der Waals surface area contributed by atoms with Crippen molar-refractivity contribution in [2.75, 3.05) is 26.7 Å². The van der Waals surface area contributed by atoms with Gasteiger partial charge in [0.05, 0.1) is 6.61 Å². The van der Waals surface area contributed by atoms with Gasteiger partial charge in [0.25, 0.3) is 0 Å². The largest absolute Gasteiger partial charge is 0.395 e. The average molecular weight is 292 g/mol. The van der Waals surface area contributed by atoms with E-state index in [-0.39, 0.29) is 5.91 Å². The summed E-state index contributed by atoms with van der Waals surface area (Å²) in [7, 11) is 1.60. The van der Waals surface area contributed by atoms with Gasteiger partial charge in [-0.1, -0.05) is 30.3 Å². The summed E-state index contributed by atoms with van der Waals surface area (Å²) in [6.07, 6.45) is 4.76. The molecule has 2 N–H and O–H groups in total. The first-order chi connectivity index (χ1) is 10.2. The van der Waals surface area contributed by atoms with Gasteiger partial charge in [-0.25, -0.2) is 0 Å². The Balaban J connectivity index is 0.000000383. The number of nitrogens with zero attached hydrogens (tertiary/aromatic N) is 1. The second-order valence-corrected chi connectivity index (χ2v) is 5.41. The molecule has 0 spiro atoms. The Morgan fingerprint density at radius 2 is 2.05 bits per heavy atom. The Bertz CT molecular complexity index is 395. The maximum absolute atomic E-state index is 9.70. The zero-order valence-electron chi connectivity index (χ0n) is 13.2. The third kappa shape index (κ3) is 7.25. The molecule has 1 aliphatic rings. The summed E-state index contributed by atoms with van der Waals surface area (Å²) in [6, 6.07) is 11.1. The van der Waals surface area contributed by atoms with Gasteiger partial charge in [-0.15, -0.1) is 0 Å². The van der Waals surface area contributed by atoms with Crippen LogP contribution in [-0.4, -0.2) is 48.7 Å². The van der Waals surface area contributed by atoms with Gasteiger partial charge in [-0.3, -0.25) is 9.69 Å². The first-order valence-corrected chi connectivity index (χ1v) is 7.74. The smallest absolute Gasteiger partial charge is 0.216 e. The van der Waals surface area contributed by atoms with Crippen molar-refractivity contribution in [1.82, 2.24) is 10.2 Å². The van der Waals surface area contributed by atoms with Gasteiger partial charge in [0.1, 0.15) is 0 Å². The molecule has 0 saturated carbocycles. The lowest BCUT2D eigenvalue weighted by Crippen LogP contribution is -2.33. The molecule has 2 rings (SSSR count). The van der Waals surface area contributed by atoms with E-state index in [1.807, 2.05) is 0 Å². The summed E-state index contributed by atoms with van der Waals surface area (Å²) >= 11 is 0. The van der Waals surface area contributed by atoms with Crippen LogP contribution in [0, 0.1) is 0 Å². The lowest BCUT2D eigenvalue weighted by Gasteiger charge is -2.22. The zero-order valence-corrected chi connectivity index (χ0v) is 13.2. The summed E-state index contributed by atoms with van der Waals surface area (Å²) in [5.41, 5.74) is 1.42. The summed E-state index contributed by atoms with van der Waals surface area (Å²) < 4.78 is 0. The quantitative estimate of drug-likeness (QED) is 0.870. The summed E-state index contributed by atoms with van der Waals surface area (Å²) in [6.45, 7) is 4.09. The molecule has 118 valence electrons. The molecular formula is C17H28N2O2. The summed E-state index contributed by atoms with van der Waals surface area (Å²) in [5.74, 6) is 0.00463. The molecule has 4 nitrogen and oxygen atoms in total. The SMILES string of the molecule is CNC(C)=O.OCC1CCCN1CCCc1ccccc1. The predicted octanol–water partition coefficient (Wildman–Crippen LogP) is 1.83. The third-order valence-corrected chi connectivity index (χ3v) is 3.82. The molecule has 1 saturated heterocycles. The van der Waals surface area contributed by atoms with E-state index in [2.05, 4.69) is 40.5 Å². The number of benzene rings is 1. The first kappa shape index (κ1) is 17.7. The van der Waals surface area contributed by atoms with Gasteiger partial charge in [0.15, 0.2) is 0 Å². The normalized spacial score (nSPS) is 18.0. The molecule has 1 aliphatic heterocycles. The summed E-state index contributed by atoms with van der Waals surface area (Å²) in [4.78, 5) is 12.1. The van der Waals surface area contributed by atoms with Crippen molar-refractivity contribution in [2.45, 2.75) is 38.6 Å². The number of hydrogen-bond acceptors (Lipinski definition) is 3. The van der Waals surface area contributed by atoms with Crippen molar-refractivity contribution in [2.24, 2.45) is 0 Å². The lowest BCUT2D eigenvalue weighted by atomic mass is 10.1. The maximum atomic E-state index is 9.70. The number of hydrogen-bond donors (Lipinski definition) is 2. The molecule has 0 radical (unpaired) electrons. The molecule has 0 aromatic heterocycles. The average Bonchev–Trinajstić information content (AvgIpc) is 2.96. The van der Waals surface area contributed by atoms with Crippen LogP contribution in [0.3, 0.4) is 0 Å². The van der Waals surface area contributed by atoms with E-state index in [1.54, 1.807) is 7.05 Å². The molecule has 1 amide bonds. The highest BCUT2D eigenvalue weighted by Crippen LogP contribution is 2.17. The number of likely N-dealkylation sites (tertiary alicyclic amines) is 1. The van der Waals surface area contributed by atoms with Crippen LogP contribution in [0.1, 0.15) is 31.7 Å². The standard InChI is InChI=1S/C14H21NO.C3H7NO/c16-12-14-9-5-11-15(14)10-4-8-13-6-2-1-3-7-13;1-3(5)4-2/h1-3,6-7,14,16H,4-5,8-12H2;1-2H3,(H,4,5). The van der Waals surface area contributed by atoms with E-state index in [1.165, 1.54) is 38.3 Å². The molecular weight excluding hydrogens is 264 g/mol. The fourth-order valence-electron chi connectivity index (χ4n) is 2.53. The minimum absolute atomic E-state index is 0.00463. The minimum atomic E-state index is 0.00463. The van der Waals surface area contributed by atoms with Gasteiger partial charge in [-0.05, 0) is 44.3 Å². The van der Waals surface area contributed by atoms with E-state index >= 15 is 0 Å². The highest BCUT2D eigenvalue weighted by Gasteiger charge is 2.22. The minimum Gasteiger partial charge on any atom is -0.395 e. The molecule has 4 heteroatoms. The fraction of sp³-hybridized carbons (Fsp3) is 0.588. The van der Waals surface area contributed by atoms with Crippen molar-refractivity contribution in [3.05, 3.63) is 35.9 Å². The van der Waals surface area contributed by atoms with E-state index < -0.39 is 0 Å². The third-order valence-electron chi connectivity index (χ3n) is 3.82. The zero-order chi connectivity index (χ0) is 15.5. The number of aliphatic hydroxyl groups is 1. The van der Waals surface area contributed by atoms with Gasteiger partial charge in [-0.2, -0.15) is 0 Å². The highest BCUT2D eigenvalue weighted by molar-refractivity contribution is 5.72. The van der Waals surface area contributed by atoms with Crippen LogP contribution in [-0.2, 0) is 11.2 Å². The van der Waals surface area contributed by atoms with Crippen molar-refractivity contribution in [3.63, 3.8) is 0 Å².